The first-order valence-electron chi connectivity index (χ1n) is 11.5. The molecular formula is C31H27ClO. The first-order valence-corrected chi connectivity index (χ1v) is 11.9. The minimum atomic E-state index is -0.111. The van der Waals surface area contributed by atoms with Crippen molar-refractivity contribution in [2.24, 2.45) is 0 Å². The van der Waals surface area contributed by atoms with E-state index in [0.29, 0.717) is 0 Å². The molecule has 2 aliphatic carbocycles. The third kappa shape index (κ3) is 2.49. The number of benzene rings is 3. The van der Waals surface area contributed by atoms with Crippen LogP contribution in [0.3, 0.4) is 0 Å². The third-order valence-electron chi connectivity index (χ3n) is 7.83. The minimum absolute atomic E-state index is 0.105. The molecule has 0 bridgehead atoms. The van der Waals surface area contributed by atoms with Gasteiger partial charge in [0.2, 0.25) is 0 Å². The van der Waals surface area contributed by atoms with Crippen molar-refractivity contribution in [1.29, 1.82) is 0 Å². The Morgan fingerprint density at radius 3 is 2.21 bits per heavy atom. The van der Waals surface area contributed by atoms with Crippen LogP contribution in [-0.2, 0) is 10.8 Å². The Balaban J connectivity index is 1.73. The summed E-state index contributed by atoms with van der Waals surface area (Å²) in [7, 11) is 0. The molecule has 33 heavy (non-hydrogen) atoms. The number of hydrogen-bond donors (Lipinski definition) is 0. The quantitative estimate of drug-likeness (QED) is 0.296. The second kappa shape index (κ2) is 6.52. The number of hydrogen-bond acceptors (Lipinski definition) is 1. The number of furan rings is 1. The average Bonchev–Trinajstić information content (AvgIpc) is 3.33. The molecule has 3 aromatic carbocycles. The van der Waals surface area contributed by atoms with Gasteiger partial charge in [-0.1, -0.05) is 70.2 Å². The molecule has 164 valence electrons. The molecule has 0 fully saturated rings. The van der Waals surface area contributed by atoms with Crippen molar-refractivity contribution in [3.63, 3.8) is 0 Å². The summed E-state index contributed by atoms with van der Waals surface area (Å²) in [5, 5.41) is 1.98. The summed E-state index contributed by atoms with van der Waals surface area (Å²) in [6, 6.07) is 15.6. The van der Waals surface area contributed by atoms with E-state index in [0.717, 1.165) is 21.9 Å². The van der Waals surface area contributed by atoms with E-state index in [1.807, 2.05) is 19.1 Å². The predicted octanol–water partition coefficient (Wildman–Crippen LogP) is 9.37. The highest BCUT2D eigenvalue weighted by Gasteiger charge is 2.42. The fourth-order valence-corrected chi connectivity index (χ4v) is 6.31. The average molecular weight is 451 g/mol. The first kappa shape index (κ1) is 20.6. The molecule has 4 aromatic rings. The number of rotatable bonds is 2. The zero-order chi connectivity index (χ0) is 23.3. The molecule has 1 aromatic heterocycles. The van der Waals surface area contributed by atoms with Gasteiger partial charge in [0.25, 0.3) is 0 Å². The fraction of sp³-hybridized carbons (Fsp3) is 0.226. The Morgan fingerprint density at radius 1 is 0.818 bits per heavy atom. The van der Waals surface area contributed by atoms with Gasteiger partial charge in [0.1, 0.15) is 11.3 Å². The molecule has 2 aliphatic rings. The van der Waals surface area contributed by atoms with E-state index in [1.54, 1.807) is 0 Å². The Labute approximate surface area is 200 Å². The van der Waals surface area contributed by atoms with Crippen LogP contribution in [0.5, 0.6) is 0 Å². The van der Waals surface area contributed by atoms with Crippen LogP contribution in [0.4, 0.5) is 0 Å². The maximum Gasteiger partial charge on any atom is 0.136 e. The summed E-state index contributed by atoms with van der Waals surface area (Å²) >= 11 is 6.41. The molecular weight excluding hydrogens is 424 g/mol. The highest BCUT2D eigenvalue weighted by Crippen LogP contribution is 2.58. The highest BCUT2D eigenvalue weighted by molar-refractivity contribution is 6.30. The SMILES string of the molecule is C=Cc1oc2ccc3c(c2c1/C=C\C)-c1cc2c(cc1C3(C)C)-c1ccc(Cl)cc1C2(C)C. The summed E-state index contributed by atoms with van der Waals surface area (Å²) in [5.74, 6) is 0.825. The fourth-order valence-electron chi connectivity index (χ4n) is 6.14. The second-order valence-corrected chi connectivity index (χ2v) is 10.8. The minimum Gasteiger partial charge on any atom is -0.456 e. The Bertz CT molecular complexity index is 1540. The van der Waals surface area contributed by atoms with Gasteiger partial charge in [0.05, 0.1) is 0 Å². The van der Waals surface area contributed by atoms with E-state index in [4.69, 9.17) is 16.0 Å². The Morgan fingerprint density at radius 2 is 1.48 bits per heavy atom. The van der Waals surface area contributed by atoms with Crippen LogP contribution in [0, 0.1) is 0 Å². The van der Waals surface area contributed by atoms with Gasteiger partial charge < -0.3 is 4.42 Å². The molecule has 1 nitrogen and oxygen atoms in total. The van der Waals surface area contributed by atoms with Crippen molar-refractivity contribution < 1.29 is 4.42 Å². The van der Waals surface area contributed by atoms with Gasteiger partial charge in [-0.3, -0.25) is 0 Å². The molecule has 6 rings (SSSR count). The van der Waals surface area contributed by atoms with Crippen molar-refractivity contribution in [2.75, 3.05) is 0 Å². The van der Waals surface area contributed by atoms with Crippen molar-refractivity contribution in [2.45, 2.75) is 45.4 Å². The van der Waals surface area contributed by atoms with Crippen LogP contribution in [0.25, 0.3) is 45.4 Å². The highest BCUT2D eigenvalue weighted by atomic mass is 35.5. The molecule has 1 heterocycles. The van der Waals surface area contributed by atoms with Gasteiger partial charge in [-0.05, 0) is 87.8 Å². The maximum absolute atomic E-state index is 6.41. The van der Waals surface area contributed by atoms with Crippen LogP contribution >= 0.6 is 11.6 Å². The van der Waals surface area contributed by atoms with Crippen LogP contribution in [0.2, 0.25) is 5.02 Å². The third-order valence-corrected chi connectivity index (χ3v) is 8.07. The first-order chi connectivity index (χ1) is 15.7. The topological polar surface area (TPSA) is 13.1 Å². The number of allylic oxidation sites excluding steroid dienone is 1. The van der Waals surface area contributed by atoms with E-state index >= 15 is 0 Å². The van der Waals surface area contributed by atoms with E-state index in [1.165, 1.54) is 49.9 Å². The number of fused-ring (bicyclic) bond motifs is 8. The zero-order valence-electron chi connectivity index (χ0n) is 19.8. The number of halogens is 1. The Kier molecular flexibility index (Phi) is 4.06. The summed E-state index contributed by atoms with van der Waals surface area (Å²) in [5.41, 5.74) is 12.4. The zero-order valence-corrected chi connectivity index (χ0v) is 20.5. The molecule has 0 amide bonds. The smallest absolute Gasteiger partial charge is 0.136 e. The summed E-state index contributed by atoms with van der Waals surface area (Å²) < 4.78 is 6.22. The molecule has 0 radical (unpaired) electrons. The lowest BCUT2D eigenvalue weighted by Gasteiger charge is -2.24. The summed E-state index contributed by atoms with van der Waals surface area (Å²) in [6.45, 7) is 15.3. The molecule has 0 atom stereocenters. The van der Waals surface area contributed by atoms with E-state index in [9.17, 15) is 0 Å². The van der Waals surface area contributed by atoms with Gasteiger partial charge >= 0.3 is 0 Å². The lowest BCUT2D eigenvalue weighted by Crippen LogP contribution is -2.17. The van der Waals surface area contributed by atoms with Crippen molar-refractivity contribution in [3.05, 3.63) is 93.7 Å². The van der Waals surface area contributed by atoms with Crippen molar-refractivity contribution >= 4 is 34.7 Å². The van der Waals surface area contributed by atoms with Gasteiger partial charge in [-0.2, -0.15) is 0 Å². The maximum atomic E-state index is 6.41. The summed E-state index contributed by atoms with van der Waals surface area (Å²) in [4.78, 5) is 0. The lowest BCUT2D eigenvalue weighted by molar-refractivity contribution is 0.603. The standard InChI is InChI=1S/C31H27ClO/c1-7-9-19-26(8-2)33-27-13-12-22-28(29(19)27)21-16-24-20(15-25(21)30(22,3)4)18-11-10-17(32)14-23(18)31(24,5)6/h7-16H,2H2,1,3-6H3/b9-7-. The van der Waals surface area contributed by atoms with Gasteiger partial charge in [-0.25, -0.2) is 0 Å². The van der Waals surface area contributed by atoms with Crippen molar-refractivity contribution in [1.82, 2.24) is 0 Å². The van der Waals surface area contributed by atoms with E-state index < -0.39 is 0 Å². The molecule has 0 unspecified atom stereocenters. The van der Waals surface area contributed by atoms with Gasteiger partial charge in [0, 0.05) is 26.8 Å². The van der Waals surface area contributed by atoms with Gasteiger partial charge in [0.15, 0.2) is 0 Å². The monoisotopic (exact) mass is 450 g/mol. The van der Waals surface area contributed by atoms with Crippen LogP contribution in [0.1, 0.15) is 68.2 Å². The Hall–Kier alpha value is -3.03. The van der Waals surface area contributed by atoms with Crippen LogP contribution < -0.4 is 0 Å². The molecule has 0 spiro atoms. The second-order valence-electron chi connectivity index (χ2n) is 10.3. The van der Waals surface area contributed by atoms with E-state index in [-0.39, 0.29) is 10.8 Å². The molecule has 0 aliphatic heterocycles. The normalized spacial score (nSPS) is 16.7. The van der Waals surface area contributed by atoms with Crippen LogP contribution in [0.15, 0.2) is 59.5 Å². The van der Waals surface area contributed by atoms with Gasteiger partial charge in [-0.15, -0.1) is 0 Å². The largest absolute Gasteiger partial charge is 0.456 e. The van der Waals surface area contributed by atoms with Crippen molar-refractivity contribution in [3.8, 4) is 22.3 Å². The molecule has 0 saturated carbocycles. The summed E-state index contributed by atoms with van der Waals surface area (Å²) in [6.07, 6.45) is 6.03. The molecule has 0 saturated heterocycles. The predicted molar refractivity (Wildman–Crippen MR) is 141 cm³/mol. The van der Waals surface area contributed by atoms with Crippen LogP contribution in [-0.4, -0.2) is 0 Å². The van der Waals surface area contributed by atoms with E-state index in [2.05, 4.69) is 82.8 Å². The molecule has 0 N–H and O–H groups in total. The lowest BCUT2D eigenvalue weighted by atomic mass is 9.79. The molecule has 2 heteroatoms.